The number of imide groups is 1. The van der Waals surface area contributed by atoms with E-state index in [1.807, 2.05) is 0 Å². The Morgan fingerprint density at radius 3 is 2.35 bits per heavy atom. The summed E-state index contributed by atoms with van der Waals surface area (Å²) in [5, 5.41) is 11.4. The maximum atomic E-state index is 12.4. The minimum atomic E-state index is -1.08. The van der Waals surface area contributed by atoms with E-state index >= 15 is 0 Å². The molecule has 0 aliphatic carbocycles. The number of nitrogens with zero attached hydrogens (tertiary/aromatic N) is 2. The lowest BCUT2D eigenvalue weighted by molar-refractivity contribution is -0.113. The van der Waals surface area contributed by atoms with E-state index in [4.69, 9.17) is 5.11 Å². The van der Waals surface area contributed by atoms with E-state index in [1.54, 1.807) is 30.6 Å². The highest BCUT2D eigenvalue weighted by Gasteiger charge is 2.34. The number of urea groups is 1. The third-order valence-corrected chi connectivity index (χ3v) is 3.27. The first-order chi connectivity index (χ1) is 11.1. The van der Waals surface area contributed by atoms with Crippen LogP contribution in [0.2, 0.25) is 0 Å². The molecule has 0 atom stereocenters. The van der Waals surface area contributed by atoms with Crippen LogP contribution in [-0.4, -0.2) is 28.0 Å². The first kappa shape index (κ1) is 14.5. The molecule has 3 rings (SSSR count). The van der Waals surface area contributed by atoms with Gasteiger partial charge >= 0.3 is 12.0 Å². The number of aromatic carboxylic acids is 1. The second kappa shape index (κ2) is 5.72. The van der Waals surface area contributed by atoms with Crippen molar-refractivity contribution in [3.63, 3.8) is 0 Å². The molecule has 7 nitrogen and oxygen atoms in total. The smallest absolute Gasteiger partial charge is 0.335 e. The number of rotatable bonds is 3. The van der Waals surface area contributed by atoms with Gasteiger partial charge in [-0.3, -0.25) is 9.78 Å². The highest BCUT2D eigenvalue weighted by molar-refractivity contribution is 6.28. The highest BCUT2D eigenvalue weighted by Crippen LogP contribution is 2.22. The number of pyridine rings is 1. The molecule has 0 spiro atoms. The fraction of sp³-hybridized carbons (Fsp3) is 0. The van der Waals surface area contributed by atoms with Crippen LogP contribution < -0.4 is 10.2 Å². The van der Waals surface area contributed by atoms with Gasteiger partial charge in [-0.1, -0.05) is 0 Å². The number of benzene rings is 1. The summed E-state index contributed by atoms with van der Waals surface area (Å²) in [5.41, 5.74) is 1.25. The Morgan fingerprint density at radius 1 is 1.09 bits per heavy atom. The van der Waals surface area contributed by atoms with E-state index in [2.05, 4.69) is 10.3 Å². The predicted molar refractivity (Wildman–Crippen MR) is 81.6 cm³/mol. The molecule has 3 amide bonds. The van der Waals surface area contributed by atoms with Crippen LogP contribution in [0.5, 0.6) is 0 Å². The van der Waals surface area contributed by atoms with Crippen LogP contribution in [0.25, 0.3) is 6.08 Å². The SMILES string of the molecule is O=C(O)c1ccc(N2C(=O)N/C(=C\c3ccncc3)C2=O)cc1. The first-order valence-electron chi connectivity index (χ1n) is 6.67. The quantitative estimate of drug-likeness (QED) is 0.666. The molecule has 23 heavy (non-hydrogen) atoms. The lowest BCUT2D eigenvalue weighted by atomic mass is 10.2. The molecule has 1 aromatic heterocycles. The van der Waals surface area contributed by atoms with Crippen LogP contribution in [-0.2, 0) is 4.79 Å². The summed E-state index contributed by atoms with van der Waals surface area (Å²) in [4.78, 5) is 40.1. The van der Waals surface area contributed by atoms with Gasteiger partial charge in [0.1, 0.15) is 5.70 Å². The molecule has 1 aliphatic rings. The number of anilines is 1. The summed E-state index contributed by atoms with van der Waals surface area (Å²) in [5.74, 6) is -1.58. The summed E-state index contributed by atoms with van der Waals surface area (Å²) < 4.78 is 0. The number of amides is 3. The maximum absolute atomic E-state index is 12.4. The molecule has 1 saturated heterocycles. The van der Waals surface area contributed by atoms with Crippen molar-refractivity contribution < 1.29 is 19.5 Å². The zero-order valence-electron chi connectivity index (χ0n) is 11.8. The molecule has 1 fully saturated rings. The van der Waals surface area contributed by atoms with Crippen molar-refractivity contribution in [1.82, 2.24) is 10.3 Å². The van der Waals surface area contributed by atoms with Crippen LogP contribution in [0, 0.1) is 0 Å². The van der Waals surface area contributed by atoms with Crippen LogP contribution >= 0.6 is 0 Å². The second-order valence-electron chi connectivity index (χ2n) is 4.76. The molecular weight excluding hydrogens is 298 g/mol. The van der Waals surface area contributed by atoms with Crippen molar-refractivity contribution >= 4 is 29.7 Å². The molecule has 1 aliphatic heterocycles. The molecular formula is C16H11N3O4. The molecule has 0 unspecified atom stereocenters. The number of hydrogen-bond donors (Lipinski definition) is 2. The molecule has 0 bridgehead atoms. The van der Waals surface area contributed by atoms with Gasteiger partial charge in [0.05, 0.1) is 11.3 Å². The summed E-state index contributed by atoms with van der Waals surface area (Å²) in [6, 6.07) is 8.32. The highest BCUT2D eigenvalue weighted by atomic mass is 16.4. The topological polar surface area (TPSA) is 99.6 Å². The van der Waals surface area contributed by atoms with Crippen molar-refractivity contribution in [2.24, 2.45) is 0 Å². The standard InChI is InChI=1S/C16H11N3O4/c20-14-13(9-10-5-7-17-8-6-10)18-16(23)19(14)12-3-1-11(2-4-12)15(21)22/h1-9H,(H,18,23)(H,21,22)/b13-9-. The summed E-state index contributed by atoms with van der Waals surface area (Å²) in [6.07, 6.45) is 4.71. The van der Waals surface area contributed by atoms with Gasteiger partial charge in [0.25, 0.3) is 5.91 Å². The summed E-state index contributed by atoms with van der Waals surface area (Å²) in [7, 11) is 0. The van der Waals surface area contributed by atoms with E-state index in [0.717, 1.165) is 10.5 Å². The minimum Gasteiger partial charge on any atom is -0.478 e. The third kappa shape index (κ3) is 2.80. The van der Waals surface area contributed by atoms with E-state index in [-0.39, 0.29) is 11.3 Å². The van der Waals surface area contributed by atoms with E-state index in [0.29, 0.717) is 5.69 Å². The molecule has 0 radical (unpaired) electrons. The Morgan fingerprint density at radius 2 is 1.74 bits per heavy atom. The average Bonchev–Trinajstić information content (AvgIpc) is 2.82. The monoisotopic (exact) mass is 309 g/mol. The van der Waals surface area contributed by atoms with Crippen molar-refractivity contribution in [2.45, 2.75) is 0 Å². The Balaban J connectivity index is 1.90. The third-order valence-electron chi connectivity index (χ3n) is 3.27. The van der Waals surface area contributed by atoms with Gasteiger partial charge in [0.15, 0.2) is 0 Å². The summed E-state index contributed by atoms with van der Waals surface area (Å²) in [6.45, 7) is 0. The lowest BCUT2D eigenvalue weighted by Crippen LogP contribution is -2.30. The Labute approximate surface area is 130 Å². The fourth-order valence-corrected chi connectivity index (χ4v) is 2.15. The number of aromatic nitrogens is 1. The summed E-state index contributed by atoms with van der Waals surface area (Å²) >= 11 is 0. The van der Waals surface area contributed by atoms with Gasteiger partial charge in [-0.05, 0) is 48.0 Å². The number of nitrogens with one attached hydrogen (secondary N) is 1. The fourth-order valence-electron chi connectivity index (χ4n) is 2.15. The van der Waals surface area contributed by atoms with Crippen LogP contribution in [0.4, 0.5) is 10.5 Å². The molecule has 7 heteroatoms. The van der Waals surface area contributed by atoms with Gasteiger partial charge in [-0.25, -0.2) is 14.5 Å². The zero-order valence-corrected chi connectivity index (χ0v) is 11.8. The first-order valence-corrected chi connectivity index (χ1v) is 6.67. The normalized spacial score (nSPS) is 15.8. The Kier molecular flexibility index (Phi) is 3.60. The van der Waals surface area contributed by atoms with Gasteiger partial charge in [-0.15, -0.1) is 0 Å². The van der Waals surface area contributed by atoms with Crippen LogP contribution in [0.1, 0.15) is 15.9 Å². The molecule has 2 heterocycles. The maximum Gasteiger partial charge on any atom is 0.335 e. The van der Waals surface area contributed by atoms with Gasteiger partial charge in [0, 0.05) is 12.4 Å². The van der Waals surface area contributed by atoms with Crippen LogP contribution in [0.3, 0.4) is 0 Å². The largest absolute Gasteiger partial charge is 0.478 e. The van der Waals surface area contributed by atoms with E-state index in [1.165, 1.54) is 24.3 Å². The Bertz CT molecular complexity index is 813. The molecule has 0 saturated carbocycles. The number of carbonyl (C=O) groups excluding carboxylic acids is 2. The number of hydrogen-bond acceptors (Lipinski definition) is 4. The second-order valence-corrected chi connectivity index (χ2v) is 4.76. The molecule has 2 aromatic rings. The molecule has 114 valence electrons. The van der Waals surface area contributed by atoms with Gasteiger partial charge in [-0.2, -0.15) is 0 Å². The van der Waals surface area contributed by atoms with Crippen molar-refractivity contribution in [2.75, 3.05) is 4.90 Å². The predicted octanol–water partition coefficient (Wildman–Crippen LogP) is 1.88. The molecule has 2 N–H and O–H groups in total. The number of carboxylic acid groups (broad SMARTS) is 1. The van der Waals surface area contributed by atoms with E-state index < -0.39 is 17.9 Å². The molecule has 1 aromatic carbocycles. The van der Waals surface area contributed by atoms with Gasteiger partial charge < -0.3 is 10.4 Å². The van der Waals surface area contributed by atoms with Gasteiger partial charge in [0.2, 0.25) is 0 Å². The Hall–Kier alpha value is -3.48. The van der Waals surface area contributed by atoms with E-state index in [9.17, 15) is 14.4 Å². The lowest BCUT2D eigenvalue weighted by Gasteiger charge is -2.11. The average molecular weight is 309 g/mol. The van der Waals surface area contributed by atoms with Crippen molar-refractivity contribution in [1.29, 1.82) is 0 Å². The number of carbonyl (C=O) groups is 3. The van der Waals surface area contributed by atoms with Crippen molar-refractivity contribution in [3.8, 4) is 0 Å². The minimum absolute atomic E-state index is 0.0772. The zero-order chi connectivity index (χ0) is 16.4. The van der Waals surface area contributed by atoms with Crippen LogP contribution in [0.15, 0.2) is 54.5 Å². The van der Waals surface area contributed by atoms with Crippen molar-refractivity contribution in [3.05, 3.63) is 65.6 Å². The number of carboxylic acids is 1.